The first-order valence-corrected chi connectivity index (χ1v) is 11.0. The topological polar surface area (TPSA) is 70.4 Å². The number of nitrogens with zero attached hydrogens (tertiary/aromatic N) is 2. The van der Waals surface area contributed by atoms with Crippen LogP contribution < -0.4 is 0 Å². The highest BCUT2D eigenvalue weighted by molar-refractivity contribution is 5.96. The molecule has 0 fully saturated rings. The van der Waals surface area contributed by atoms with E-state index in [0.29, 0.717) is 29.3 Å². The van der Waals surface area contributed by atoms with Gasteiger partial charge in [0.25, 0.3) is 0 Å². The van der Waals surface area contributed by atoms with Gasteiger partial charge in [-0.3, -0.25) is 4.79 Å². The highest BCUT2D eigenvalue weighted by Crippen LogP contribution is 2.38. The smallest absolute Gasteiger partial charge is 0.336 e. The third kappa shape index (κ3) is 5.08. The number of esters is 1. The van der Waals surface area contributed by atoms with Gasteiger partial charge in [0.05, 0.1) is 29.9 Å². The molecule has 1 heterocycles. The molecule has 0 bridgehead atoms. The highest BCUT2D eigenvalue weighted by Gasteiger charge is 2.37. The van der Waals surface area contributed by atoms with E-state index >= 15 is 0 Å². The van der Waals surface area contributed by atoms with Gasteiger partial charge in [-0.25, -0.2) is 4.79 Å². The third-order valence-electron chi connectivity index (χ3n) is 5.79. The molecule has 1 amide bonds. The van der Waals surface area contributed by atoms with Gasteiger partial charge in [0.2, 0.25) is 5.91 Å². The van der Waals surface area contributed by atoms with Crippen molar-refractivity contribution in [3.63, 3.8) is 0 Å². The molecule has 0 aliphatic carbocycles. The van der Waals surface area contributed by atoms with Gasteiger partial charge in [-0.2, -0.15) is 5.26 Å². The molecule has 0 radical (unpaired) electrons. The van der Waals surface area contributed by atoms with Crippen molar-refractivity contribution in [2.24, 2.45) is 0 Å². The number of hydrogen-bond donors (Lipinski definition) is 0. The lowest BCUT2D eigenvalue weighted by molar-refractivity contribution is -0.143. The van der Waals surface area contributed by atoms with Gasteiger partial charge in [-0.1, -0.05) is 50.2 Å². The van der Waals surface area contributed by atoms with E-state index < -0.39 is 5.97 Å². The third-order valence-corrected chi connectivity index (χ3v) is 5.79. The number of allylic oxidation sites excluding steroid dienone is 1. The van der Waals surface area contributed by atoms with Gasteiger partial charge in [0.1, 0.15) is 0 Å². The number of carbonyl (C=O) groups is 2. The molecule has 5 heteroatoms. The van der Waals surface area contributed by atoms with Crippen LogP contribution in [0, 0.1) is 11.3 Å². The SMILES string of the molecule is CC1=C(C(=O)OC(C)C)C(c2ccc(C(C)C)cc2)CC(=O)N1Cc1cccc(C#N)c1. The van der Waals surface area contributed by atoms with Crippen molar-refractivity contribution in [1.29, 1.82) is 5.26 Å². The van der Waals surface area contributed by atoms with Crippen molar-refractivity contribution in [2.75, 3.05) is 0 Å². The summed E-state index contributed by atoms with van der Waals surface area (Å²) in [6.45, 7) is 10.0. The standard InChI is InChI=1S/C27H30N2O3/c1-17(2)22-9-11-23(12-10-22)24-14-25(30)29(16-21-8-6-7-20(13-21)15-28)19(5)26(24)27(31)32-18(3)4/h6-13,17-18,24H,14,16H2,1-5H3. The molecule has 3 rings (SSSR count). The molecule has 1 unspecified atom stereocenters. The summed E-state index contributed by atoms with van der Waals surface area (Å²) in [4.78, 5) is 27.9. The van der Waals surface area contributed by atoms with Gasteiger partial charge in [-0.15, -0.1) is 0 Å². The molecule has 1 atom stereocenters. The molecule has 32 heavy (non-hydrogen) atoms. The first-order chi connectivity index (χ1) is 15.2. The van der Waals surface area contributed by atoms with Crippen molar-refractivity contribution in [2.45, 2.75) is 65.5 Å². The Kier molecular flexibility index (Phi) is 7.15. The Morgan fingerprint density at radius 2 is 1.84 bits per heavy atom. The largest absolute Gasteiger partial charge is 0.460 e. The maximum Gasteiger partial charge on any atom is 0.336 e. The molecule has 166 valence electrons. The lowest BCUT2D eigenvalue weighted by atomic mass is 9.83. The van der Waals surface area contributed by atoms with E-state index in [9.17, 15) is 14.9 Å². The Morgan fingerprint density at radius 3 is 2.44 bits per heavy atom. The van der Waals surface area contributed by atoms with Crippen molar-refractivity contribution < 1.29 is 14.3 Å². The predicted octanol–water partition coefficient (Wildman–Crippen LogP) is 5.42. The maximum absolute atomic E-state index is 13.2. The van der Waals surface area contributed by atoms with Gasteiger partial charge in [0.15, 0.2) is 0 Å². The second kappa shape index (κ2) is 9.82. The molecule has 2 aromatic carbocycles. The quantitative estimate of drug-likeness (QED) is 0.574. The van der Waals surface area contributed by atoms with Gasteiger partial charge >= 0.3 is 5.97 Å². The average molecular weight is 431 g/mol. The normalized spacial score (nSPS) is 16.5. The summed E-state index contributed by atoms with van der Waals surface area (Å²) in [5, 5.41) is 9.18. The molecule has 0 saturated carbocycles. The van der Waals surface area contributed by atoms with Crippen LogP contribution in [0.5, 0.6) is 0 Å². The molecular weight excluding hydrogens is 400 g/mol. The number of hydrogen-bond acceptors (Lipinski definition) is 4. The van der Waals surface area contributed by atoms with Crippen LogP contribution in [0.15, 0.2) is 59.8 Å². The molecule has 1 aliphatic heterocycles. The average Bonchev–Trinajstić information content (AvgIpc) is 2.75. The fourth-order valence-electron chi connectivity index (χ4n) is 4.07. The Balaban J connectivity index is 2.02. The molecule has 0 saturated heterocycles. The van der Waals surface area contributed by atoms with E-state index in [1.54, 1.807) is 30.0 Å². The van der Waals surface area contributed by atoms with Gasteiger partial charge < -0.3 is 9.64 Å². The summed E-state index contributed by atoms with van der Waals surface area (Å²) in [6, 6.07) is 17.4. The number of benzene rings is 2. The number of ether oxygens (including phenoxy) is 1. The van der Waals surface area contributed by atoms with Gasteiger partial charge in [-0.05, 0) is 55.5 Å². The summed E-state index contributed by atoms with van der Waals surface area (Å²) in [5.41, 5.74) is 4.65. The van der Waals surface area contributed by atoms with Crippen molar-refractivity contribution in [3.05, 3.63) is 82.1 Å². The van der Waals surface area contributed by atoms with Crippen LogP contribution >= 0.6 is 0 Å². The van der Waals surface area contributed by atoms with Crippen molar-refractivity contribution in [3.8, 4) is 6.07 Å². The lowest BCUT2D eigenvalue weighted by Gasteiger charge is -2.35. The Bertz CT molecular complexity index is 1070. The number of nitriles is 1. The van der Waals surface area contributed by atoms with Crippen LogP contribution in [0.1, 0.15) is 75.1 Å². The van der Waals surface area contributed by atoms with Crippen LogP contribution in [0.3, 0.4) is 0 Å². The minimum absolute atomic E-state index is 0.0520. The molecule has 0 N–H and O–H groups in total. The van der Waals surface area contributed by atoms with E-state index in [0.717, 1.165) is 11.1 Å². The lowest BCUT2D eigenvalue weighted by Crippen LogP contribution is -2.38. The van der Waals surface area contributed by atoms with E-state index in [-0.39, 0.29) is 24.3 Å². The fraction of sp³-hybridized carbons (Fsp3) is 0.370. The van der Waals surface area contributed by atoms with E-state index in [2.05, 4.69) is 32.0 Å². The number of rotatable bonds is 6. The Morgan fingerprint density at radius 1 is 1.16 bits per heavy atom. The molecule has 2 aromatic rings. The Labute approximate surface area is 190 Å². The zero-order valence-corrected chi connectivity index (χ0v) is 19.4. The van der Waals surface area contributed by atoms with Crippen LogP contribution in [-0.4, -0.2) is 22.9 Å². The summed E-state index contributed by atoms with van der Waals surface area (Å²) in [7, 11) is 0. The summed E-state index contributed by atoms with van der Waals surface area (Å²) >= 11 is 0. The second-order valence-electron chi connectivity index (χ2n) is 8.82. The minimum Gasteiger partial charge on any atom is -0.460 e. The summed E-state index contributed by atoms with van der Waals surface area (Å²) in [6.07, 6.45) is -0.0658. The zero-order chi connectivity index (χ0) is 23.4. The molecule has 0 spiro atoms. The number of carbonyl (C=O) groups excluding carboxylic acids is 2. The van der Waals surface area contributed by atoms with Crippen molar-refractivity contribution >= 4 is 11.9 Å². The first kappa shape index (κ1) is 23.3. The van der Waals surface area contributed by atoms with Gasteiger partial charge in [0, 0.05) is 18.0 Å². The van der Waals surface area contributed by atoms with Crippen molar-refractivity contribution in [1.82, 2.24) is 4.90 Å². The van der Waals surface area contributed by atoms with E-state index in [4.69, 9.17) is 4.74 Å². The monoisotopic (exact) mass is 430 g/mol. The zero-order valence-electron chi connectivity index (χ0n) is 19.4. The number of amides is 1. The van der Waals surface area contributed by atoms with E-state index in [1.165, 1.54) is 5.56 Å². The van der Waals surface area contributed by atoms with Crippen LogP contribution in [-0.2, 0) is 20.9 Å². The van der Waals surface area contributed by atoms with Crippen LogP contribution in [0.4, 0.5) is 0 Å². The second-order valence-corrected chi connectivity index (χ2v) is 8.82. The Hall–Kier alpha value is -3.39. The first-order valence-electron chi connectivity index (χ1n) is 11.0. The predicted molar refractivity (Wildman–Crippen MR) is 124 cm³/mol. The van der Waals surface area contributed by atoms with Crippen LogP contribution in [0.2, 0.25) is 0 Å². The van der Waals surface area contributed by atoms with E-state index in [1.807, 2.05) is 32.0 Å². The highest BCUT2D eigenvalue weighted by atomic mass is 16.5. The summed E-state index contributed by atoms with van der Waals surface area (Å²) < 4.78 is 5.57. The summed E-state index contributed by atoms with van der Waals surface area (Å²) in [5.74, 6) is -0.390. The molecule has 5 nitrogen and oxygen atoms in total. The molecule has 0 aromatic heterocycles. The molecule has 1 aliphatic rings. The minimum atomic E-state index is -0.390. The van der Waals surface area contributed by atoms with Crippen LogP contribution in [0.25, 0.3) is 0 Å². The fourth-order valence-corrected chi connectivity index (χ4v) is 4.07. The molecular formula is C27H30N2O3. The maximum atomic E-state index is 13.2.